The fraction of sp³-hybridized carbons (Fsp3) is 0.571. The maximum absolute atomic E-state index is 12.6. The average Bonchev–Trinajstić information content (AvgIpc) is 3.09. The summed E-state index contributed by atoms with van der Waals surface area (Å²) >= 11 is 0. The Morgan fingerprint density at radius 3 is 2.48 bits per heavy atom. The number of carbonyl (C=O) groups excluding carboxylic acids is 1. The number of carboxylic acids is 2. The van der Waals surface area contributed by atoms with Crippen LogP contribution in [0.4, 0.5) is 0 Å². The van der Waals surface area contributed by atoms with Crippen LogP contribution in [0.2, 0.25) is 0 Å². The fourth-order valence-electron chi connectivity index (χ4n) is 2.93. The molecule has 1 aromatic heterocycles. The van der Waals surface area contributed by atoms with Crippen LogP contribution in [0, 0.1) is 0 Å². The number of hydrogen-bond donors (Lipinski definition) is 5. The van der Waals surface area contributed by atoms with Gasteiger partial charge in [-0.3, -0.25) is 9.59 Å². The van der Waals surface area contributed by atoms with E-state index in [9.17, 15) is 19.5 Å². The zero-order valence-corrected chi connectivity index (χ0v) is 12.5. The van der Waals surface area contributed by atoms with Crippen molar-refractivity contribution in [3.63, 3.8) is 0 Å². The molecule has 2 rings (SSSR count). The number of amides is 1. The van der Waals surface area contributed by atoms with E-state index in [1.807, 2.05) is 0 Å². The average molecular weight is 324 g/mol. The Kier molecular flexibility index (Phi) is 4.69. The second kappa shape index (κ2) is 6.37. The van der Waals surface area contributed by atoms with Crippen LogP contribution in [0.5, 0.6) is 0 Å². The van der Waals surface area contributed by atoms with E-state index < -0.39 is 35.3 Å². The number of hydrogen-bond acceptors (Lipinski definition) is 5. The summed E-state index contributed by atoms with van der Waals surface area (Å²) in [5, 5.41) is 21.0. The van der Waals surface area contributed by atoms with Gasteiger partial charge in [0.25, 0.3) is 0 Å². The van der Waals surface area contributed by atoms with Gasteiger partial charge < -0.3 is 26.2 Å². The Hall–Kier alpha value is -2.42. The van der Waals surface area contributed by atoms with E-state index in [0.29, 0.717) is 31.4 Å². The van der Waals surface area contributed by atoms with Crippen LogP contribution in [0.3, 0.4) is 0 Å². The van der Waals surface area contributed by atoms with Crippen molar-refractivity contribution < 1.29 is 24.6 Å². The number of nitrogens with one attached hydrogen (secondary N) is 2. The molecule has 126 valence electrons. The van der Waals surface area contributed by atoms with E-state index in [0.717, 1.165) is 0 Å². The van der Waals surface area contributed by atoms with Gasteiger partial charge in [-0.25, -0.2) is 9.78 Å². The summed E-state index contributed by atoms with van der Waals surface area (Å²) in [5.74, 6) is -3.14. The van der Waals surface area contributed by atoms with Crippen molar-refractivity contribution in [3.05, 3.63) is 18.2 Å². The van der Waals surface area contributed by atoms with Gasteiger partial charge in [0.05, 0.1) is 12.7 Å². The molecule has 9 heteroatoms. The van der Waals surface area contributed by atoms with Gasteiger partial charge in [0.15, 0.2) is 0 Å². The maximum Gasteiger partial charge on any atom is 0.329 e. The quantitative estimate of drug-likeness (QED) is 0.458. The highest BCUT2D eigenvalue weighted by atomic mass is 16.4. The number of nitrogens with zero attached hydrogens (tertiary/aromatic N) is 1. The summed E-state index contributed by atoms with van der Waals surface area (Å²) in [6, 6.07) is 0. The van der Waals surface area contributed by atoms with Crippen LogP contribution in [0.1, 0.15) is 37.8 Å². The molecule has 0 bridgehead atoms. The van der Waals surface area contributed by atoms with Crippen LogP contribution < -0.4 is 11.1 Å². The van der Waals surface area contributed by atoms with Gasteiger partial charge in [-0.2, -0.15) is 0 Å². The molecule has 1 fully saturated rings. The first-order chi connectivity index (χ1) is 10.8. The topological polar surface area (TPSA) is 158 Å². The third-order valence-electron chi connectivity index (χ3n) is 4.20. The maximum atomic E-state index is 12.6. The number of aromatic nitrogens is 2. The molecule has 1 saturated carbocycles. The van der Waals surface area contributed by atoms with Crippen LogP contribution >= 0.6 is 0 Å². The molecular weight excluding hydrogens is 304 g/mol. The van der Waals surface area contributed by atoms with Crippen molar-refractivity contribution in [2.45, 2.75) is 49.6 Å². The molecule has 1 atom stereocenters. The number of aromatic amines is 1. The van der Waals surface area contributed by atoms with Gasteiger partial charge in [0.2, 0.25) is 5.91 Å². The highest BCUT2D eigenvalue weighted by Gasteiger charge is 2.47. The van der Waals surface area contributed by atoms with Crippen LogP contribution in [-0.2, 0) is 20.8 Å². The van der Waals surface area contributed by atoms with E-state index in [2.05, 4.69) is 15.3 Å². The molecule has 1 aliphatic carbocycles. The number of nitrogens with two attached hydrogens (primary N) is 1. The zero-order chi connectivity index (χ0) is 17.1. The lowest BCUT2D eigenvalue weighted by atomic mass is 9.87. The van der Waals surface area contributed by atoms with Crippen molar-refractivity contribution in [1.29, 1.82) is 0 Å². The fourth-order valence-corrected chi connectivity index (χ4v) is 2.93. The van der Waals surface area contributed by atoms with Crippen molar-refractivity contribution in [2.24, 2.45) is 5.73 Å². The van der Waals surface area contributed by atoms with Crippen LogP contribution in [-0.4, -0.2) is 49.1 Å². The lowest BCUT2D eigenvalue weighted by Crippen LogP contribution is -2.63. The van der Waals surface area contributed by atoms with E-state index in [-0.39, 0.29) is 6.42 Å². The molecule has 1 amide bonds. The van der Waals surface area contributed by atoms with Gasteiger partial charge >= 0.3 is 11.9 Å². The highest BCUT2D eigenvalue weighted by molar-refractivity contribution is 5.94. The summed E-state index contributed by atoms with van der Waals surface area (Å²) in [5.41, 5.74) is 3.41. The van der Waals surface area contributed by atoms with Crippen LogP contribution in [0.25, 0.3) is 0 Å². The number of imidazole rings is 1. The normalized spacial score (nSPS) is 19.0. The van der Waals surface area contributed by atoms with Gasteiger partial charge in [0, 0.05) is 18.3 Å². The lowest BCUT2D eigenvalue weighted by molar-refractivity contribution is -0.149. The second-order valence-corrected chi connectivity index (χ2v) is 6.03. The Morgan fingerprint density at radius 2 is 2.00 bits per heavy atom. The first kappa shape index (κ1) is 16.9. The minimum absolute atomic E-state index is 0.0825. The number of H-pyrrole nitrogens is 1. The molecule has 0 spiro atoms. The Labute approximate surface area is 132 Å². The predicted octanol–water partition coefficient (Wildman–Crippen LogP) is -0.362. The molecule has 9 nitrogen and oxygen atoms in total. The molecule has 0 radical (unpaired) electrons. The molecule has 1 aromatic rings. The smallest absolute Gasteiger partial charge is 0.329 e. The number of carboxylic acid groups (broad SMARTS) is 2. The Morgan fingerprint density at radius 1 is 1.35 bits per heavy atom. The minimum atomic E-state index is -1.76. The minimum Gasteiger partial charge on any atom is -0.481 e. The summed E-state index contributed by atoms with van der Waals surface area (Å²) < 4.78 is 0. The summed E-state index contributed by atoms with van der Waals surface area (Å²) in [4.78, 5) is 41.8. The third kappa shape index (κ3) is 3.67. The van der Waals surface area contributed by atoms with Gasteiger partial charge in [-0.15, -0.1) is 0 Å². The van der Waals surface area contributed by atoms with Gasteiger partial charge in [-0.1, -0.05) is 12.8 Å². The van der Waals surface area contributed by atoms with E-state index >= 15 is 0 Å². The number of carbonyl (C=O) groups is 3. The molecule has 0 unspecified atom stereocenters. The summed E-state index contributed by atoms with van der Waals surface area (Å²) in [6.07, 6.45) is 4.12. The van der Waals surface area contributed by atoms with E-state index in [1.54, 1.807) is 0 Å². The monoisotopic (exact) mass is 324 g/mol. The molecule has 6 N–H and O–H groups in total. The van der Waals surface area contributed by atoms with Crippen molar-refractivity contribution in [1.82, 2.24) is 15.3 Å². The van der Waals surface area contributed by atoms with Crippen molar-refractivity contribution in [3.8, 4) is 0 Å². The molecule has 0 aliphatic heterocycles. The SMILES string of the molecule is N[C@@](CC(=O)O)(Cc1cnc[nH]1)C(=O)NC1(C(=O)O)CCCC1. The second-order valence-electron chi connectivity index (χ2n) is 6.03. The summed E-state index contributed by atoms with van der Waals surface area (Å²) in [6.45, 7) is 0. The van der Waals surface area contributed by atoms with Crippen molar-refractivity contribution in [2.75, 3.05) is 0 Å². The Bertz CT molecular complexity index is 594. The highest BCUT2D eigenvalue weighted by Crippen LogP contribution is 2.31. The molecule has 0 aromatic carbocycles. The largest absolute Gasteiger partial charge is 0.481 e. The summed E-state index contributed by atoms with van der Waals surface area (Å²) in [7, 11) is 0. The lowest BCUT2D eigenvalue weighted by Gasteiger charge is -2.32. The predicted molar refractivity (Wildman–Crippen MR) is 78.4 cm³/mol. The first-order valence-electron chi connectivity index (χ1n) is 7.31. The third-order valence-corrected chi connectivity index (χ3v) is 4.20. The Balaban J connectivity index is 2.22. The molecule has 1 heterocycles. The standard InChI is InChI=1S/C14H20N4O5/c15-13(6-10(19)20,5-9-7-16-8-17-9)11(21)18-14(12(22)23)3-1-2-4-14/h7-8H,1-6,15H2,(H,16,17)(H,18,21)(H,19,20)(H,22,23)/t13-/m1/s1. The molecular formula is C14H20N4O5. The molecule has 0 saturated heterocycles. The van der Waals surface area contributed by atoms with Crippen LogP contribution in [0.15, 0.2) is 12.5 Å². The number of aliphatic carboxylic acids is 2. The van der Waals surface area contributed by atoms with E-state index in [1.165, 1.54) is 12.5 Å². The van der Waals surface area contributed by atoms with Crippen molar-refractivity contribution >= 4 is 17.8 Å². The first-order valence-corrected chi connectivity index (χ1v) is 7.31. The van der Waals surface area contributed by atoms with Gasteiger partial charge in [-0.05, 0) is 12.8 Å². The van der Waals surface area contributed by atoms with Gasteiger partial charge in [0.1, 0.15) is 11.1 Å². The number of rotatable bonds is 7. The van der Waals surface area contributed by atoms with E-state index in [4.69, 9.17) is 10.8 Å². The molecule has 23 heavy (non-hydrogen) atoms. The molecule has 1 aliphatic rings. The zero-order valence-electron chi connectivity index (χ0n) is 12.5.